The number of halogens is 1. The van der Waals surface area contributed by atoms with Gasteiger partial charge >= 0.3 is 0 Å². The van der Waals surface area contributed by atoms with E-state index in [4.69, 9.17) is 21.1 Å². The maximum atomic E-state index is 6.19. The molecule has 4 heteroatoms. The fourth-order valence-electron chi connectivity index (χ4n) is 2.34. The molecule has 3 nitrogen and oxygen atoms in total. The van der Waals surface area contributed by atoms with E-state index >= 15 is 0 Å². The van der Waals surface area contributed by atoms with Crippen LogP contribution in [0.4, 0.5) is 0 Å². The zero-order chi connectivity index (χ0) is 13.0. The van der Waals surface area contributed by atoms with E-state index in [9.17, 15) is 0 Å². The summed E-state index contributed by atoms with van der Waals surface area (Å²) in [6.45, 7) is 1.56. The number of benzene rings is 1. The first-order valence-electron chi connectivity index (χ1n) is 6.28. The molecule has 0 amide bonds. The van der Waals surface area contributed by atoms with Crippen LogP contribution in [0.1, 0.15) is 24.8 Å². The van der Waals surface area contributed by atoms with Crippen molar-refractivity contribution in [2.24, 2.45) is 0 Å². The van der Waals surface area contributed by atoms with Crippen molar-refractivity contribution < 1.29 is 9.47 Å². The van der Waals surface area contributed by atoms with E-state index in [0.717, 1.165) is 35.7 Å². The van der Waals surface area contributed by atoms with E-state index < -0.39 is 0 Å². The lowest BCUT2D eigenvalue weighted by Crippen LogP contribution is -2.47. The number of rotatable bonds is 6. The molecule has 0 heterocycles. The van der Waals surface area contributed by atoms with Gasteiger partial charge < -0.3 is 14.8 Å². The summed E-state index contributed by atoms with van der Waals surface area (Å²) in [4.78, 5) is 0. The molecule has 2 rings (SSSR count). The number of nitrogens with one attached hydrogen (secondary N) is 1. The van der Waals surface area contributed by atoms with E-state index in [1.54, 1.807) is 14.2 Å². The zero-order valence-corrected chi connectivity index (χ0v) is 11.7. The van der Waals surface area contributed by atoms with Gasteiger partial charge in [0.2, 0.25) is 0 Å². The van der Waals surface area contributed by atoms with Crippen molar-refractivity contribution in [2.45, 2.75) is 31.4 Å². The van der Waals surface area contributed by atoms with E-state index in [1.807, 2.05) is 18.2 Å². The van der Waals surface area contributed by atoms with Crippen LogP contribution in [0.15, 0.2) is 18.2 Å². The molecule has 1 fully saturated rings. The van der Waals surface area contributed by atoms with Crippen molar-refractivity contribution in [1.82, 2.24) is 5.32 Å². The van der Waals surface area contributed by atoms with Crippen LogP contribution >= 0.6 is 11.6 Å². The molecule has 0 saturated heterocycles. The number of hydrogen-bond acceptors (Lipinski definition) is 3. The Labute approximate surface area is 113 Å². The Hall–Kier alpha value is -0.770. The Balaban J connectivity index is 1.94. The molecule has 18 heavy (non-hydrogen) atoms. The normalized spacial score (nSPS) is 17.3. The predicted octanol–water partition coefficient (Wildman–Crippen LogP) is 3.01. The summed E-state index contributed by atoms with van der Waals surface area (Å²) >= 11 is 6.19. The van der Waals surface area contributed by atoms with Gasteiger partial charge in [0.15, 0.2) is 0 Å². The molecular formula is C14H20ClNO2. The monoisotopic (exact) mass is 269 g/mol. The SMILES string of the molecule is COc1cccc(Cl)c1CNCC1(OC)CCC1. The predicted molar refractivity (Wildman–Crippen MR) is 73.3 cm³/mol. The third-order valence-corrected chi connectivity index (χ3v) is 4.10. The Bertz CT molecular complexity index is 399. The van der Waals surface area contributed by atoms with Crippen LogP contribution in [-0.4, -0.2) is 26.4 Å². The highest BCUT2D eigenvalue weighted by atomic mass is 35.5. The minimum absolute atomic E-state index is 0.0362. The minimum atomic E-state index is 0.0362. The van der Waals surface area contributed by atoms with E-state index in [0.29, 0.717) is 6.54 Å². The van der Waals surface area contributed by atoms with Crippen molar-refractivity contribution in [2.75, 3.05) is 20.8 Å². The molecule has 1 aromatic rings. The van der Waals surface area contributed by atoms with Crippen LogP contribution in [0.3, 0.4) is 0 Å². The fourth-order valence-corrected chi connectivity index (χ4v) is 2.57. The van der Waals surface area contributed by atoms with Crippen LogP contribution in [0.2, 0.25) is 5.02 Å². The number of ether oxygens (including phenoxy) is 2. The Morgan fingerprint density at radius 1 is 1.33 bits per heavy atom. The molecule has 1 saturated carbocycles. The molecule has 0 spiro atoms. The minimum Gasteiger partial charge on any atom is -0.496 e. The first-order chi connectivity index (χ1) is 8.71. The second-order valence-electron chi connectivity index (χ2n) is 4.76. The molecule has 0 aromatic heterocycles. The summed E-state index contributed by atoms with van der Waals surface area (Å²) in [5.74, 6) is 0.829. The molecule has 1 N–H and O–H groups in total. The summed E-state index contributed by atoms with van der Waals surface area (Å²) in [6, 6.07) is 5.71. The standard InChI is InChI=1S/C14H20ClNO2/c1-17-13-6-3-5-12(15)11(13)9-16-10-14(18-2)7-4-8-14/h3,5-6,16H,4,7-10H2,1-2H3. The molecule has 100 valence electrons. The van der Waals surface area contributed by atoms with Gasteiger partial charge in [0.05, 0.1) is 12.7 Å². The van der Waals surface area contributed by atoms with Gasteiger partial charge in [0, 0.05) is 30.8 Å². The van der Waals surface area contributed by atoms with Gasteiger partial charge in [-0.25, -0.2) is 0 Å². The van der Waals surface area contributed by atoms with Crippen LogP contribution < -0.4 is 10.1 Å². The molecule has 0 atom stereocenters. The Kier molecular flexibility index (Phi) is 4.49. The molecule has 1 aliphatic carbocycles. The molecule has 0 bridgehead atoms. The summed E-state index contributed by atoms with van der Waals surface area (Å²) in [6.07, 6.45) is 3.53. The van der Waals surface area contributed by atoms with E-state index in [-0.39, 0.29) is 5.60 Å². The van der Waals surface area contributed by atoms with Gasteiger partial charge in [-0.15, -0.1) is 0 Å². The van der Waals surface area contributed by atoms with Gasteiger partial charge in [-0.1, -0.05) is 17.7 Å². The Morgan fingerprint density at radius 3 is 2.67 bits per heavy atom. The lowest BCUT2D eigenvalue weighted by molar-refractivity contribution is -0.0695. The molecule has 0 radical (unpaired) electrons. The topological polar surface area (TPSA) is 30.5 Å². The van der Waals surface area contributed by atoms with Crippen LogP contribution in [0.25, 0.3) is 0 Å². The summed E-state index contributed by atoms with van der Waals surface area (Å²) < 4.78 is 10.9. The lowest BCUT2D eigenvalue weighted by atomic mass is 9.80. The second kappa shape index (κ2) is 5.91. The average molecular weight is 270 g/mol. The zero-order valence-electron chi connectivity index (χ0n) is 11.0. The largest absolute Gasteiger partial charge is 0.496 e. The highest BCUT2D eigenvalue weighted by molar-refractivity contribution is 6.31. The summed E-state index contributed by atoms with van der Waals surface area (Å²) in [5, 5.41) is 4.16. The molecule has 0 aliphatic heterocycles. The van der Waals surface area contributed by atoms with Crippen LogP contribution in [-0.2, 0) is 11.3 Å². The molecule has 1 aliphatic rings. The van der Waals surface area contributed by atoms with E-state index in [1.165, 1.54) is 6.42 Å². The van der Waals surface area contributed by atoms with Crippen molar-refractivity contribution in [3.63, 3.8) is 0 Å². The van der Waals surface area contributed by atoms with Crippen molar-refractivity contribution >= 4 is 11.6 Å². The van der Waals surface area contributed by atoms with Crippen molar-refractivity contribution in [1.29, 1.82) is 0 Å². The third-order valence-electron chi connectivity index (χ3n) is 3.74. The third kappa shape index (κ3) is 2.79. The van der Waals surface area contributed by atoms with Gasteiger partial charge in [-0.3, -0.25) is 0 Å². The molecule has 0 unspecified atom stereocenters. The first kappa shape index (κ1) is 13.7. The number of methoxy groups -OCH3 is 2. The molecular weight excluding hydrogens is 250 g/mol. The summed E-state index contributed by atoms with van der Waals surface area (Å²) in [5.41, 5.74) is 1.04. The Morgan fingerprint density at radius 2 is 2.11 bits per heavy atom. The van der Waals surface area contributed by atoms with Crippen molar-refractivity contribution in [3.05, 3.63) is 28.8 Å². The average Bonchev–Trinajstić information content (AvgIpc) is 2.34. The van der Waals surface area contributed by atoms with Crippen LogP contribution in [0, 0.1) is 0 Å². The second-order valence-corrected chi connectivity index (χ2v) is 5.17. The fraction of sp³-hybridized carbons (Fsp3) is 0.571. The first-order valence-corrected chi connectivity index (χ1v) is 6.66. The van der Waals surface area contributed by atoms with Crippen molar-refractivity contribution in [3.8, 4) is 5.75 Å². The maximum Gasteiger partial charge on any atom is 0.124 e. The van der Waals surface area contributed by atoms with E-state index in [2.05, 4.69) is 5.32 Å². The smallest absolute Gasteiger partial charge is 0.124 e. The molecule has 1 aromatic carbocycles. The summed E-state index contributed by atoms with van der Waals surface area (Å²) in [7, 11) is 3.45. The lowest BCUT2D eigenvalue weighted by Gasteiger charge is -2.40. The van der Waals surface area contributed by atoms with Gasteiger partial charge in [0.25, 0.3) is 0 Å². The maximum absolute atomic E-state index is 6.19. The van der Waals surface area contributed by atoms with Gasteiger partial charge in [0.1, 0.15) is 5.75 Å². The van der Waals surface area contributed by atoms with Gasteiger partial charge in [-0.2, -0.15) is 0 Å². The highest BCUT2D eigenvalue weighted by Crippen LogP contribution is 2.34. The number of hydrogen-bond donors (Lipinski definition) is 1. The van der Waals surface area contributed by atoms with Crippen LogP contribution in [0.5, 0.6) is 5.75 Å². The highest BCUT2D eigenvalue weighted by Gasteiger charge is 2.36. The quantitative estimate of drug-likeness (QED) is 0.861. The van der Waals surface area contributed by atoms with Gasteiger partial charge in [-0.05, 0) is 31.4 Å².